The maximum Gasteiger partial charge on any atom is 0.159 e. The minimum atomic E-state index is 0.0570. The zero-order chi connectivity index (χ0) is 18.5. The molecule has 140 valence electrons. The predicted molar refractivity (Wildman–Crippen MR) is 104 cm³/mol. The van der Waals surface area contributed by atoms with Gasteiger partial charge in [0.15, 0.2) is 5.78 Å². The molecule has 0 amide bonds. The molecule has 0 saturated carbocycles. The number of ketones is 1. The lowest BCUT2D eigenvalue weighted by atomic mass is 10.0. The van der Waals surface area contributed by atoms with Gasteiger partial charge in [0.2, 0.25) is 0 Å². The molecular formula is C23H25NO3. The standard InChI is InChI=1S/C23H25NO3/c25-21-11-12-24-20(13-21)14-23(27-16-19-9-5-2-6-10-19)22(24)17-26-15-18-7-3-1-4-8-18/h1-12,20,22-23H,13-17H2/t20-,22-,23+/m1/s1. The van der Waals surface area contributed by atoms with Crippen LogP contribution >= 0.6 is 0 Å². The number of allylic oxidation sites excluding steroid dienone is 1. The summed E-state index contributed by atoms with van der Waals surface area (Å²) in [7, 11) is 0. The highest BCUT2D eigenvalue weighted by molar-refractivity contribution is 5.90. The number of nitrogens with zero attached hydrogens (tertiary/aromatic N) is 1. The van der Waals surface area contributed by atoms with Crippen LogP contribution in [0.4, 0.5) is 0 Å². The van der Waals surface area contributed by atoms with Crippen LogP contribution in [0.1, 0.15) is 24.0 Å². The fourth-order valence-electron chi connectivity index (χ4n) is 3.92. The van der Waals surface area contributed by atoms with Crippen molar-refractivity contribution in [1.29, 1.82) is 0 Å². The van der Waals surface area contributed by atoms with Gasteiger partial charge in [-0.25, -0.2) is 0 Å². The molecule has 1 fully saturated rings. The molecule has 0 unspecified atom stereocenters. The van der Waals surface area contributed by atoms with Crippen LogP contribution in [-0.2, 0) is 27.5 Å². The van der Waals surface area contributed by atoms with Crippen molar-refractivity contribution in [2.75, 3.05) is 6.61 Å². The van der Waals surface area contributed by atoms with Crippen molar-refractivity contribution in [3.8, 4) is 0 Å². The van der Waals surface area contributed by atoms with E-state index in [1.807, 2.05) is 42.6 Å². The van der Waals surface area contributed by atoms with E-state index in [2.05, 4.69) is 29.2 Å². The monoisotopic (exact) mass is 363 g/mol. The van der Waals surface area contributed by atoms with Crippen molar-refractivity contribution >= 4 is 5.78 Å². The molecule has 0 aromatic heterocycles. The van der Waals surface area contributed by atoms with E-state index in [4.69, 9.17) is 9.47 Å². The third kappa shape index (κ3) is 4.46. The summed E-state index contributed by atoms with van der Waals surface area (Å²) >= 11 is 0. The molecule has 3 atom stereocenters. The summed E-state index contributed by atoms with van der Waals surface area (Å²) in [4.78, 5) is 14.1. The summed E-state index contributed by atoms with van der Waals surface area (Å²) in [5.41, 5.74) is 2.33. The van der Waals surface area contributed by atoms with Crippen LogP contribution in [0.5, 0.6) is 0 Å². The molecule has 4 nitrogen and oxygen atoms in total. The number of hydrogen-bond donors (Lipinski definition) is 0. The summed E-state index contributed by atoms with van der Waals surface area (Å²) in [6, 6.07) is 20.8. The van der Waals surface area contributed by atoms with Crippen LogP contribution in [0.3, 0.4) is 0 Å². The Hall–Kier alpha value is -2.43. The normalized spacial score (nSPS) is 24.2. The van der Waals surface area contributed by atoms with E-state index in [-0.39, 0.29) is 24.0 Å². The quantitative estimate of drug-likeness (QED) is 0.752. The Kier molecular flexibility index (Phi) is 5.66. The number of benzene rings is 2. The minimum absolute atomic E-state index is 0.0570. The SMILES string of the molecule is O=C1C=CN2[C@H](C1)C[C@H](OCc1ccccc1)[C@H]2COCc1ccccc1. The summed E-state index contributed by atoms with van der Waals surface area (Å²) in [5.74, 6) is 0.198. The fourth-order valence-corrected chi connectivity index (χ4v) is 3.92. The van der Waals surface area contributed by atoms with Crippen LogP contribution in [0.25, 0.3) is 0 Å². The largest absolute Gasteiger partial charge is 0.375 e. The summed E-state index contributed by atoms with van der Waals surface area (Å²) in [6.07, 6.45) is 5.10. The lowest BCUT2D eigenvalue weighted by Gasteiger charge is -2.31. The van der Waals surface area contributed by atoms with Gasteiger partial charge in [0.05, 0.1) is 32.0 Å². The molecule has 2 heterocycles. The van der Waals surface area contributed by atoms with Crippen LogP contribution in [-0.4, -0.2) is 35.5 Å². The summed E-state index contributed by atoms with van der Waals surface area (Å²) in [6.45, 7) is 1.76. The Morgan fingerprint density at radius 3 is 2.30 bits per heavy atom. The number of rotatable bonds is 7. The highest BCUT2D eigenvalue weighted by atomic mass is 16.5. The Bertz CT molecular complexity index is 775. The van der Waals surface area contributed by atoms with Gasteiger partial charge in [-0.05, 0) is 23.6 Å². The average Bonchev–Trinajstić information content (AvgIpc) is 3.04. The van der Waals surface area contributed by atoms with E-state index in [9.17, 15) is 4.79 Å². The Balaban J connectivity index is 1.40. The molecule has 27 heavy (non-hydrogen) atoms. The van der Waals surface area contributed by atoms with Crippen molar-refractivity contribution < 1.29 is 14.3 Å². The average molecular weight is 363 g/mol. The first-order valence-corrected chi connectivity index (χ1v) is 9.55. The van der Waals surface area contributed by atoms with Gasteiger partial charge in [-0.3, -0.25) is 4.79 Å². The lowest BCUT2D eigenvalue weighted by Crippen LogP contribution is -2.41. The van der Waals surface area contributed by atoms with Gasteiger partial charge in [0, 0.05) is 18.7 Å². The number of ether oxygens (including phenoxy) is 2. The molecule has 0 aliphatic carbocycles. The molecule has 1 saturated heterocycles. The van der Waals surface area contributed by atoms with Crippen molar-refractivity contribution in [3.63, 3.8) is 0 Å². The first kappa shape index (κ1) is 18.0. The molecule has 4 heteroatoms. The lowest BCUT2D eigenvalue weighted by molar-refractivity contribution is -0.116. The van der Waals surface area contributed by atoms with Crippen LogP contribution in [0, 0.1) is 0 Å². The molecule has 0 bridgehead atoms. The molecule has 0 spiro atoms. The summed E-state index contributed by atoms with van der Waals surface area (Å²) in [5, 5.41) is 0. The Labute approximate surface area is 160 Å². The van der Waals surface area contributed by atoms with Crippen molar-refractivity contribution in [2.24, 2.45) is 0 Å². The van der Waals surface area contributed by atoms with E-state index >= 15 is 0 Å². The third-order valence-electron chi connectivity index (χ3n) is 5.31. The van der Waals surface area contributed by atoms with Gasteiger partial charge in [-0.1, -0.05) is 60.7 Å². The van der Waals surface area contributed by atoms with E-state index in [0.717, 1.165) is 17.5 Å². The van der Waals surface area contributed by atoms with Gasteiger partial charge < -0.3 is 14.4 Å². The first-order chi connectivity index (χ1) is 13.3. The van der Waals surface area contributed by atoms with Crippen molar-refractivity contribution in [3.05, 3.63) is 84.1 Å². The van der Waals surface area contributed by atoms with Crippen LogP contribution < -0.4 is 0 Å². The van der Waals surface area contributed by atoms with Gasteiger partial charge in [-0.15, -0.1) is 0 Å². The second kappa shape index (κ2) is 8.51. The molecule has 0 radical (unpaired) electrons. The van der Waals surface area contributed by atoms with E-state index in [1.54, 1.807) is 6.08 Å². The number of carbonyl (C=O) groups excluding carboxylic acids is 1. The van der Waals surface area contributed by atoms with Gasteiger partial charge in [0.1, 0.15) is 0 Å². The van der Waals surface area contributed by atoms with Gasteiger partial charge in [0.25, 0.3) is 0 Å². The predicted octanol–water partition coefficient (Wildman–Crippen LogP) is 3.72. The number of fused-ring (bicyclic) bond motifs is 1. The first-order valence-electron chi connectivity index (χ1n) is 9.55. The smallest absolute Gasteiger partial charge is 0.159 e. The maximum absolute atomic E-state index is 11.8. The third-order valence-corrected chi connectivity index (χ3v) is 5.31. The molecule has 2 aliphatic heterocycles. The second-order valence-corrected chi connectivity index (χ2v) is 7.23. The highest BCUT2D eigenvalue weighted by Crippen LogP contribution is 2.32. The highest BCUT2D eigenvalue weighted by Gasteiger charge is 2.42. The minimum Gasteiger partial charge on any atom is -0.375 e. The van der Waals surface area contributed by atoms with Gasteiger partial charge >= 0.3 is 0 Å². The molecule has 4 rings (SSSR count). The van der Waals surface area contributed by atoms with E-state index < -0.39 is 0 Å². The number of carbonyl (C=O) groups is 1. The fraction of sp³-hybridized carbons (Fsp3) is 0.348. The van der Waals surface area contributed by atoms with Crippen molar-refractivity contribution in [1.82, 2.24) is 4.90 Å². The Morgan fingerprint density at radius 2 is 1.59 bits per heavy atom. The van der Waals surface area contributed by atoms with Gasteiger partial charge in [-0.2, -0.15) is 0 Å². The van der Waals surface area contributed by atoms with Crippen molar-refractivity contribution in [2.45, 2.75) is 44.2 Å². The van der Waals surface area contributed by atoms with E-state index in [1.165, 1.54) is 0 Å². The molecule has 0 N–H and O–H groups in total. The molecule has 2 aromatic rings. The maximum atomic E-state index is 11.8. The van der Waals surface area contributed by atoms with Crippen LogP contribution in [0.15, 0.2) is 72.9 Å². The Morgan fingerprint density at radius 1 is 0.926 bits per heavy atom. The molecular weight excluding hydrogens is 338 g/mol. The van der Waals surface area contributed by atoms with Crippen LogP contribution in [0.2, 0.25) is 0 Å². The molecule has 2 aliphatic rings. The number of hydrogen-bond acceptors (Lipinski definition) is 4. The summed E-state index contributed by atoms with van der Waals surface area (Å²) < 4.78 is 12.3. The zero-order valence-electron chi connectivity index (χ0n) is 15.4. The van der Waals surface area contributed by atoms with E-state index in [0.29, 0.717) is 26.2 Å². The second-order valence-electron chi connectivity index (χ2n) is 7.23. The zero-order valence-corrected chi connectivity index (χ0v) is 15.4. The topological polar surface area (TPSA) is 38.8 Å². The molecule has 2 aromatic carbocycles.